The van der Waals surface area contributed by atoms with Gasteiger partial charge in [0.1, 0.15) is 0 Å². The molecule has 0 aliphatic rings. The molecule has 0 N–H and O–H groups in total. The van der Waals surface area contributed by atoms with Gasteiger partial charge in [-0.15, -0.1) is 0 Å². The second kappa shape index (κ2) is 6.88. The highest BCUT2D eigenvalue weighted by molar-refractivity contribution is 5.79. The summed E-state index contributed by atoms with van der Waals surface area (Å²) in [5.41, 5.74) is 3.17. The van der Waals surface area contributed by atoms with Crippen LogP contribution in [0.15, 0.2) is 16.1 Å². The highest BCUT2D eigenvalue weighted by Gasteiger charge is 2.17. The van der Waals surface area contributed by atoms with E-state index in [1.807, 2.05) is 0 Å². The van der Waals surface area contributed by atoms with Crippen LogP contribution in [0.1, 0.15) is 67.7 Å². The van der Waals surface area contributed by atoms with Crippen LogP contribution in [0.5, 0.6) is 0 Å². The summed E-state index contributed by atoms with van der Waals surface area (Å²) in [6.45, 7) is 15.6. The molecule has 1 nitrogen and oxygen atoms in total. The van der Waals surface area contributed by atoms with Gasteiger partial charge in [-0.25, -0.2) is 0 Å². The van der Waals surface area contributed by atoms with E-state index in [1.165, 1.54) is 24.0 Å². The number of allylic oxidation sites excluding steroid dienone is 2. The van der Waals surface area contributed by atoms with Gasteiger partial charge < -0.3 is 0 Å². The van der Waals surface area contributed by atoms with Crippen molar-refractivity contribution in [1.29, 1.82) is 0 Å². The average Bonchev–Trinajstić information content (AvgIpc) is 2.17. The summed E-state index contributed by atoms with van der Waals surface area (Å²) in [6.07, 6.45) is 5.54. The highest BCUT2D eigenvalue weighted by Crippen LogP contribution is 2.27. The Morgan fingerprint density at radius 1 is 1.25 bits per heavy atom. The van der Waals surface area contributed by atoms with Gasteiger partial charge in [-0.05, 0) is 44.6 Å². The van der Waals surface area contributed by atoms with Crippen LogP contribution >= 0.6 is 0 Å². The van der Waals surface area contributed by atoms with Crippen LogP contribution in [0.4, 0.5) is 0 Å². The second-order valence-corrected chi connectivity index (χ2v) is 5.73. The fourth-order valence-corrected chi connectivity index (χ4v) is 1.79. The molecule has 0 rings (SSSR count). The molecule has 1 atom stereocenters. The van der Waals surface area contributed by atoms with Crippen LogP contribution in [0.3, 0.4) is 0 Å². The first-order valence-electron chi connectivity index (χ1n) is 6.52. The lowest BCUT2D eigenvalue weighted by Crippen LogP contribution is -2.16. The Labute approximate surface area is 102 Å². The van der Waals surface area contributed by atoms with Gasteiger partial charge in [-0.3, -0.25) is 4.99 Å². The predicted molar refractivity (Wildman–Crippen MR) is 75.3 cm³/mol. The Morgan fingerprint density at radius 2 is 1.81 bits per heavy atom. The van der Waals surface area contributed by atoms with E-state index in [-0.39, 0.29) is 0 Å². The molecule has 0 aromatic rings. The van der Waals surface area contributed by atoms with Crippen molar-refractivity contribution in [1.82, 2.24) is 0 Å². The molecule has 0 radical (unpaired) electrons. The van der Waals surface area contributed by atoms with E-state index in [0.29, 0.717) is 11.5 Å². The topological polar surface area (TPSA) is 12.4 Å². The van der Waals surface area contributed by atoms with E-state index >= 15 is 0 Å². The summed E-state index contributed by atoms with van der Waals surface area (Å²) < 4.78 is 0. The number of rotatable bonds is 6. The Balaban J connectivity index is 4.40. The summed E-state index contributed by atoms with van der Waals surface area (Å²) in [5, 5.41) is 0. The maximum Gasteiger partial charge on any atom is 0.0476 e. The summed E-state index contributed by atoms with van der Waals surface area (Å²) in [5.74, 6) is 0. The number of nitrogens with zero attached hydrogens (tertiary/aromatic N) is 1. The van der Waals surface area contributed by atoms with Crippen molar-refractivity contribution in [3.05, 3.63) is 11.1 Å². The summed E-state index contributed by atoms with van der Waals surface area (Å²) >= 11 is 0. The van der Waals surface area contributed by atoms with Gasteiger partial charge in [0.25, 0.3) is 0 Å². The monoisotopic (exact) mass is 223 g/mol. The molecule has 16 heavy (non-hydrogen) atoms. The zero-order valence-corrected chi connectivity index (χ0v) is 12.2. The third kappa shape index (κ3) is 6.09. The first-order valence-corrected chi connectivity index (χ1v) is 6.52. The largest absolute Gasteiger partial charge is 0.290 e. The van der Waals surface area contributed by atoms with E-state index < -0.39 is 0 Å². The summed E-state index contributed by atoms with van der Waals surface area (Å²) in [4.78, 5) is 4.67. The minimum atomic E-state index is 0.411. The number of hydrogen-bond donors (Lipinski definition) is 0. The molecule has 0 aliphatic carbocycles. The first-order chi connectivity index (χ1) is 7.32. The third-order valence-corrected chi connectivity index (χ3v) is 3.31. The van der Waals surface area contributed by atoms with Crippen LogP contribution in [0, 0.1) is 5.41 Å². The zero-order valence-electron chi connectivity index (χ0n) is 12.2. The molecule has 0 aromatic carbocycles. The van der Waals surface area contributed by atoms with Crippen LogP contribution in [0.25, 0.3) is 0 Å². The normalized spacial score (nSPS) is 14.2. The van der Waals surface area contributed by atoms with Crippen LogP contribution in [-0.4, -0.2) is 12.3 Å². The Hall–Kier alpha value is -0.590. The molecule has 94 valence electrons. The standard InChI is InChI=1S/C15H29N/c1-8-14(12(3)4)11-16-13(5)10-15(6,7)9-2/h11,13H,8-10H2,1-7H3. The molecule has 0 saturated heterocycles. The van der Waals surface area contributed by atoms with Gasteiger partial charge >= 0.3 is 0 Å². The fraction of sp³-hybridized carbons (Fsp3) is 0.800. The van der Waals surface area contributed by atoms with Crippen molar-refractivity contribution >= 4 is 6.21 Å². The smallest absolute Gasteiger partial charge is 0.0476 e. The first kappa shape index (κ1) is 15.4. The lowest BCUT2D eigenvalue weighted by Gasteiger charge is -2.24. The van der Waals surface area contributed by atoms with Crippen molar-refractivity contribution in [3.63, 3.8) is 0 Å². The minimum Gasteiger partial charge on any atom is -0.290 e. The fourth-order valence-electron chi connectivity index (χ4n) is 1.79. The van der Waals surface area contributed by atoms with Crippen molar-refractivity contribution < 1.29 is 0 Å². The van der Waals surface area contributed by atoms with Crippen LogP contribution in [0.2, 0.25) is 0 Å². The molecule has 0 amide bonds. The summed E-state index contributed by atoms with van der Waals surface area (Å²) in [6, 6.07) is 0.427. The minimum absolute atomic E-state index is 0.411. The average molecular weight is 223 g/mol. The zero-order chi connectivity index (χ0) is 12.8. The molecule has 1 unspecified atom stereocenters. The van der Waals surface area contributed by atoms with E-state index in [2.05, 4.69) is 59.7 Å². The van der Waals surface area contributed by atoms with Crippen LogP contribution < -0.4 is 0 Å². The van der Waals surface area contributed by atoms with Gasteiger partial charge in [0.15, 0.2) is 0 Å². The highest BCUT2D eigenvalue weighted by atomic mass is 14.8. The maximum absolute atomic E-state index is 4.67. The van der Waals surface area contributed by atoms with Crippen molar-refractivity contribution in [2.45, 2.75) is 73.8 Å². The molecule has 1 heteroatoms. The Kier molecular flexibility index (Phi) is 6.62. The van der Waals surface area contributed by atoms with Crippen LogP contribution in [-0.2, 0) is 0 Å². The number of aliphatic imine (C=N–C) groups is 1. The lowest BCUT2D eigenvalue weighted by molar-refractivity contribution is 0.301. The molecule has 0 heterocycles. The second-order valence-electron chi connectivity index (χ2n) is 5.73. The van der Waals surface area contributed by atoms with Crippen molar-refractivity contribution in [2.75, 3.05) is 0 Å². The summed E-state index contributed by atoms with van der Waals surface area (Å²) in [7, 11) is 0. The molecule has 0 fully saturated rings. The number of hydrogen-bond acceptors (Lipinski definition) is 1. The SMILES string of the molecule is CCC(C=NC(C)CC(C)(C)CC)=C(C)C. The molecule has 0 aliphatic heterocycles. The Bertz CT molecular complexity index is 255. The van der Waals surface area contributed by atoms with Gasteiger partial charge in [-0.1, -0.05) is 39.7 Å². The van der Waals surface area contributed by atoms with Crippen molar-refractivity contribution in [2.24, 2.45) is 10.4 Å². The van der Waals surface area contributed by atoms with Crippen molar-refractivity contribution in [3.8, 4) is 0 Å². The van der Waals surface area contributed by atoms with Gasteiger partial charge in [-0.2, -0.15) is 0 Å². The molecule has 0 bridgehead atoms. The predicted octanol–water partition coefficient (Wildman–Crippen LogP) is 5.02. The molecule has 0 spiro atoms. The molecule has 0 aromatic heterocycles. The lowest BCUT2D eigenvalue weighted by atomic mass is 9.84. The van der Waals surface area contributed by atoms with Gasteiger partial charge in [0.05, 0.1) is 0 Å². The van der Waals surface area contributed by atoms with E-state index in [9.17, 15) is 0 Å². The van der Waals surface area contributed by atoms with E-state index in [4.69, 9.17) is 0 Å². The van der Waals surface area contributed by atoms with Gasteiger partial charge in [0, 0.05) is 12.3 Å². The third-order valence-electron chi connectivity index (χ3n) is 3.31. The molecule has 0 saturated carbocycles. The van der Waals surface area contributed by atoms with E-state index in [0.717, 1.165) is 6.42 Å². The molecular formula is C15H29N. The van der Waals surface area contributed by atoms with Gasteiger partial charge in [0.2, 0.25) is 0 Å². The van der Waals surface area contributed by atoms with E-state index in [1.54, 1.807) is 0 Å². The maximum atomic E-state index is 4.67. The Morgan fingerprint density at radius 3 is 2.19 bits per heavy atom. The molecular weight excluding hydrogens is 194 g/mol. The quantitative estimate of drug-likeness (QED) is 0.561.